The van der Waals surface area contributed by atoms with Crippen LogP contribution in [0.3, 0.4) is 0 Å². The van der Waals surface area contributed by atoms with E-state index in [1.807, 2.05) is 13.8 Å². The van der Waals surface area contributed by atoms with Crippen LogP contribution in [-0.2, 0) is 9.05 Å². The Morgan fingerprint density at radius 1 is 1.69 bits per heavy atom. The second-order valence-corrected chi connectivity index (χ2v) is 5.34. The van der Waals surface area contributed by atoms with E-state index in [4.69, 9.17) is 10.7 Å². The van der Waals surface area contributed by atoms with Crippen molar-refractivity contribution in [3.05, 3.63) is 12.3 Å². The predicted molar refractivity (Wildman–Crippen MR) is 50.3 cm³/mol. The van der Waals surface area contributed by atoms with Crippen molar-refractivity contribution in [2.24, 2.45) is 0 Å². The summed E-state index contributed by atoms with van der Waals surface area (Å²) in [4.78, 5) is 0. The molecule has 74 valence electrons. The lowest BCUT2D eigenvalue weighted by Gasteiger charge is -2.07. The SMILES string of the molecule is CCC(C)n1ccc(S(=O)(=O)Cl)n1. The summed E-state index contributed by atoms with van der Waals surface area (Å²) in [7, 11) is 1.43. The van der Waals surface area contributed by atoms with Gasteiger partial charge < -0.3 is 0 Å². The Kier molecular flexibility index (Phi) is 2.98. The fourth-order valence-electron chi connectivity index (χ4n) is 0.883. The molecule has 1 rings (SSSR count). The molecule has 1 aromatic heterocycles. The summed E-state index contributed by atoms with van der Waals surface area (Å²) in [5.74, 6) is 0. The highest BCUT2D eigenvalue weighted by Gasteiger charge is 2.14. The average Bonchev–Trinajstić information content (AvgIpc) is 2.50. The van der Waals surface area contributed by atoms with Crippen molar-refractivity contribution in [3.63, 3.8) is 0 Å². The molecule has 0 bridgehead atoms. The zero-order valence-electron chi connectivity index (χ0n) is 7.44. The maximum absolute atomic E-state index is 10.8. The molecule has 13 heavy (non-hydrogen) atoms. The number of hydrogen-bond acceptors (Lipinski definition) is 3. The molecule has 0 N–H and O–H groups in total. The van der Waals surface area contributed by atoms with Gasteiger partial charge in [0.05, 0.1) is 0 Å². The molecule has 0 fully saturated rings. The third kappa shape index (κ3) is 2.45. The molecule has 0 saturated heterocycles. The van der Waals surface area contributed by atoms with Crippen molar-refractivity contribution >= 4 is 19.7 Å². The Hall–Kier alpha value is -0.550. The van der Waals surface area contributed by atoms with Gasteiger partial charge in [0.25, 0.3) is 9.05 Å². The molecule has 6 heteroatoms. The molecule has 0 amide bonds. The first-order valence-electron chi connectivity index (χ1n) is 3.95. The van der Waals surface area contributed by atoms with Crippen LogP contribution in [0.5, 0.6) is 0 Å². The highest BCUT2D eigenvalue weighted by molar-refractivity contribution is 8.13. The first-order chi connectivity index (χ1) is 5.95. The van der Waals surface area contributed by atoms with Crippen LogP contribution in [0.1, 0.15) is 26.3 Å². The molecule has 1 heterocycles. The van der Waals surface area contributed by atoms with Gasteiger partial charge in [0.2, 0.25) is 0 Å². The summed E-state index contributed by atoms with van der Waals surface area (Å²) in [6.07, 6.45) is 2.51. The minimum atomic E-state index is -3.68. The van der Waals surface area contributed by atoms with Crippen LogP contribution in [0, 0.1) is 0 Å². The van der Waals surface area contributed by atoms with Crippen LogP contribution < -0.4 is 0 Å². The molecule has 0 aliphatic rings. The van der Waals surface area contributed by atoms with Gasteiger partial charge in [-0.05, 0) is 19.4 Å². The quantitative estimate of drug-likeness (QED) is 0.733. The van der Waals surface area contributed by atoms with Crippen LogP contribution in [0.15, 0.2) is 17.3 Å². The van der Waals surface area contributed by atoms with Gasteiger partial charge in [-0.25, -0.2) is 8.42 Å². The molecule has 0 aliphatic heterocycles. The van der Waals surface area contributed by atoms with E-state index >= 15 is 0 Å². The molecule has 0 radical (unpaired) electrons. The lowest BCUT2D eigenvalue weighted by molar-refractivity contribution is 0.468. The summed E-state index contributed by atoms with van der Waals surface area (Å²) in [5.41, 5.74) is 0. The molecular weight excluding hydrogens is 212 g/mol. The van der Waals surface area contributed by atoms with E-state index in [1.54, 1.807) is 10.9 Å². The van der Waals surface area contributed by atoms with E-state index in [9.17, 15) is 8.42 Å². The van der Waals surface area contributed by atoms with Crippen LogP contribution in [0.2, 0.25) is 0 Å². The summed E-state index contributed by atoms with van der Waals surface area (Å²) >= 11 is 0. The predicted octanol–water partition coefficient (Wildman–Crippen LogP) is 1.78. The van der Waals surface area contributed by atoms with Crippen molar-refractivity contribution < 1.29 is 8.42 Å². The molecular formula is C7H11ClN2O2S. The molecule has 1 unspecified atom stereocenters. The van der Waals surface area contributed by atoms with E-state index in [-0.39, 0.29) is 11.1 Å². The van der Waals surface area contributed by atoms with Gasteiger partial charge in [0.15, 0.2) is 5.03 Å². The summed E-state index contributed by atoms with van der Waals surface area (Å²) < 4.78 is 23.3. The Labute approximate surface area is 81.9 Å². The second kappa shape index (κ2) is 3.67. The van der Waals surface area contributed by atoms with Gasteiger partial charge in [-0.2, -0.15) is 5.10 Å². The van der Waals surface area contributed by atoms with Crippen molar-refractivity contribution in [3.8, 4) is 0 Å². The number of halogens is 1. The van der Waals surface area contributed by atoms with Crippen molar-refractivity contribution in [2.45, 2.75) is 31.3 Å². The van der Waals surface area contributed by atoms with E-state index in [2.05, 4.69) is 5.10 Å². The summed E-state index contributed by atoms with van der Waals surface area (Å²) in [5, 5.41) is 3.76. The number of hydrogen-bond donors (Lipinski definition) is 0. The third-order valence-corrected chi connectivity index (χ3v) is 3.07. The maximum atomic E-state index is 10.8. The monoisotopic (exact) mass is 222 g/mol. The first kappa shape index (κ1) is 10.5. The van der Waals surface area contributed by atoms with E-state index in [1.165, 1.54) is 6.07 Å². The van der Waals surface area contributed by atoms with Crippen LogP contribution in [-0.4, -0.2) is 18.2 Å². The van der Waals surface area contributed by atoms with E-state index < -0.39 is 9.05 Å². The molecule has 1 atom stereocenters. The van der Waals surface area contributed by atoms with Crippen LogP contribution in [0.25, 0.3) is 0 Å². The largest absolute Gasteiger partial charge is 0.280 e. The molecule has 1 aromatic rings. The van der Waals surface area contributed by atoms with Crippen molar-refractivity contribution in [2.75, 3.05) is 0 Å². The number of nitrogens with zero attached hydrogens (tertiary/aromatic N) is 2. The van der Waals surface area contributed by atoms with Gasteiger partial charge in [-0.3, -0.25) is 4.68 Å². The maximum Gasteiger partial charge on any atom is 0.280 e. The minimum Gasteiger partial charge on any atom is -0.269 e. The zero-order chi connectivity index (χ0) is 10.1. The standard InChI is InChI=1S/C7H11ClN2O2S/c1-3-6(2)10-5-4-7(9-10)13(8,11)12/h4-6H,3H2,1-2H3. The molecule has 0 spiro atoms. The Balaban J connectivity index is 3.00. The smallest absolute Gasteiger partial charge is 0.269 e. The van der Waals surface area contributed by atoms with Gasteiger partial charge in [0, 0.05) is 22.9 Å². The molecule has 0 aromatic carbocycles. The lowest BCUT2D eigenvalue weighted by atomic mass is 10.3. The zero-order valence-corrected chi connectivity index (χ0v) is 9.01. The fraction of sp³-hybridized carbons (Fsp3) is 0.571. The average molecular weight is 223 g/mol. The second-order valence-electron chi connectivity index (χ2n) is 2.83. The highest BCUT2D eigenvalue weighted by atomic mass is 35.7. The summed E-state index contributed by atoms with van der Waals surface area (Å²) in [6, 6.07) is 1.58. The van der Waals surface area contributed by atoms with Gasteiger partial charge >= 0.3 is 0 Å². The Morgan fingerprint density at radius 3 is 2.69 bits per heavy atom. The van der Waals surface area contributed by atoms with Crippen molar-refractivity contribution in [1.82, 2.24) is 9.78 Å². The molecule has 4 nitrogen and oxygen atoms in total. The fourth-order valence-corrected chi connectivity index (χ4v) is 1.55. The summed E-state index contributed by atoms with van der Waals surface area (Å²) in [6.45, 7) is 3.96. The number of rotatable bonds is 3. The number of aromatic nitrogens is 2. The normalized spacial score (nSPS) is 14.4. The van der Waals surface area contributed by atoms with Gasteiger partial charge in [-0.1, -0.05) is 6.92 Å². The van der Waals surface area contributed by atoms with Gasteiger partial charge in [-0.15, -0.1) is 0 Å². The van der Waals surface area contributed by atoms with Gasteiger partial charge in [0.1, 0.15) is 0 Å². The van der Waals surface area contributed by atoms with Crippen molar-refractivity contribution in [1.29, 1.82) is 0 Å². The highest BCUT2D eigenvalue weighted by Crippen LogP contribution is 2.15. The minimum absolute atomic E-state index is 0.0885. The van der Waals surface area contributed by atoms with E-state index in [0.29, 0.717) is 0 Å². The first-order valence-corrected chi connectivity index (χ1v) is 6.26. The Bertz CT molecular complexity index is 385. The van der Waals surface area contributed by atoms with Crippen LogP contribution >= 0.6 is 10.7 Å². The van der Waals surface area contributed by atoms with Crippen LogP contribution in [0.4, 0.5) is 0 Å². The third-order valence-electron chi connectivity index (χ3n) is 1.88. The van der Waals surface area contributed by atoms with E-state index in [0.717, 1.165) is 6.42 Å². The Morgan fingerprint density at radius 2 is 2.31 bits per heavy atom. The topological polar surface area (TPSA) is 52.0 Å². The molecule has 0 saturated carbocycles. The lowest BCUT2D eigenvalue weighted by Crippen LogP contribution is -2.05. The molecule has 0 aliphatic carbocycles.